The smallest absolute Gasteiger partial charge is 0.146 e. The summed E-state index contributed by atoms with van der Waals surface area (Å²) in [5.74, 6) is 0.160. The van der Waals surface area contributed by atoms with Crippen molar-refractivity contribution in [3.63, 3.8) is 0 Å². The van der Waals surface area contributed by atoms with Crippen molar-refractivity contribution in [1.82, 2.24) is 4.90 Å². The van der Waals surface area contributed by atoms with E-state index in [4.69, 9.17) is 10.5 Å². The average molecular weight is 186 g/mol. The van der Waals surface area contributed by atoms with Gasteiger partial charge in [-0.2, -0.15) is 0 Å². The highest BCUT2D eigenvalue weighted by Gasteiger charge is 2.09. The third-order valence-electron chi connectivity index (χ3n) is 2.26. The maximum atomic E-state index is 10.9. The summed E-state index contributed by atoms with van der Waals surface area (Å²) in [5, 5.41) is 0. The van der Waals surface area contributed by atoms with E-state index in [0.29, 0.717) is 6.42 Å². The van der Waals surface area contributed by atoms with Crippen LogP contribution in [0.4, 0.5) is 0 Å². The molecule has 0 saturated carbocycles. The molecule has 0 unspecified atom stereocenters. The van der Waals surface area contributed by atoms with Crippen molar-refractivity contribution in [2.24, 2.45) is 5.73 Å². The van der Waals surface area contributed by atoms with Gasteiger partial charge in [0.1, 0.15) is 5.78 Å². The summed E-state index contributed by atoms with van der Waals surface area (Å²) >= 11 is 0. The molecule has 1 aliphatic rings. The van der Waals surface area contributed by atoms with Gasteiger partial charge < -0.3 is 10.5 Å². The fourth-order valence-electron chi connectivity index (χ4n) is 1.43. The van der Waals surface area contributed by atoms with Crippen molar-refractivity contribution >= 4 is 5.78 Å². The number of hydrogen-bond donors (Lipinski definition) is 1. The molecule has 4 nitrogen and oxygen atoms in total. The molecule has 0 aliphatic carbocycles. The number of morpholine rings is 1. The summed E-state index contributed by atoms with van der Waals surface area (Å²) in [4.78, 5) is 13.2. The molecule has 13 heavy (non-hydrogen) atoms. The van der Waals surface area contributed by atoms with Gasteiger partial charge in [0.2, 0.25) is 0 Å². The predicted octanol–water partition coefficient (Wildman–Crippen LogP) is -0.373. The average Bonchev–Trinajstić information content (AvgIpc) is 2.19. The van der Waals surface area contributed by atoms with Crippen LogP contribution < -0.4 is 5.73 Å². The van der Waals surface area contributed by atoms with E-state index in [-0.39, 0.29) is 12.3 Å². The molecule has 76 valence electrons. The van der Waals surface area contributed by atoms with Crippen molar-refractivity contribution in [3.8, 4) is 0 Å². The Bertz CT molecular complexity index is 156. The van der Waals surface area contributed by atoms with Crippen molar-refractivity contribution in [2.45, 2.75) is 12.8 Å². The van der Waals surface area contributed by atoms with Gasteiger partial charge in [-0.15, -0.1) is 0 Å². The highest BCUT2D eigenvalue weighted by atomic mass is 16.5. The Morgan fingerprint density at radius 2 is 2.08 bits per heavy atom. The topological polar surface area (TPSA) is 55.6 Å². The van der Waals surface area contributed by atoms with Crippen LogP contribution in [0.25, 0.3) is 0 Å². The summed E-state index contributed by atoms with van der Waals surface area (Å²) < 4.78 is 5.22. The van der Waals surface area contributed by atoms with Crippen LogP contribution in [0, 0.1) is 0 Å². The van der Waals surface area contributed by atoms with E-state index in [1.54, 1.807) is 0 Å². The first-order valence-electron chi connectivity index (χ1n) is 4.85. The molecule has 1 aliphatic heterocycles. The van der Waals surface area contributed by atoms with Gasteiger partial charge >= 0.3 is 0 Å². The first-order chi connectivity index (χ1) is 6.33. The van der Waals surface area contributed by atoms with E-state index < -0.39 is 0 Å². The zero-order chi connectivity index (χ0) is 9.52. The minimum absolute atomic E-state index is 0.160. The lowest BCUT2D eigenvalue weighted by atomic mass is 10.2. The summed E-state index contributed by atoms with van der Waals surface area (Å²) in [6.45, 7) is 4.82. The lowest BCUT2D eigenvalue weighted by Crippen LogP contribution is -2.37. The van der Waals surface area contributed by atoms with E-state index >= 15 is 0 Å². The number of ether oxygens (including phenoxy) is 1. The Labute approximate surface area is 79.0 Å². The van der Waals surface area contributed by atoms with Crippen molar-refractivity contribution < 1.29 is 9.53 Å². The number of carbonyl (C=O) groups excluding carboxylic acids is 1. The fraction of sp³-hybridized carbons (Fsp3) is 0.889. The van der Waals surface area contributed by atoms with Crippen LogP contribution in [0.15, 0.2) is 0 Å². The summed E-state index contributed by atoms with van der Waals surface area (Å²) in [6.07, 6.45) is 1.55. The number of hydrogen-bond acceptors (Lipinski definition) is 4. The van der Waals surface area contributed by atoms with E-state index in [0.717, 1.165) is 39.3 Å². The molecular weight excluding hydrogens is 168 g/mol. The minimum atomic E-state index is 0.160. The number of ketones is 1. The molecule has 1 heterocycles. The lowest BCUT2D eigenvalue weighted by Gasteiger charge is -2.26. The predicted molar refractivity (Wildman–Crippen MR) is 50.6 cm³/mol. The van der Waals surface area contributed by atoms with Crippen LogP contribution >= 0.6 is 0 Å². The van der Waals surface area contributed by atoms with Gasteiger partial charge in [0.15, 0.2) is 0 Å². The molecule has 0 aromatic rings. The van der Waals surface area contributed by atoms with E-state index in [2.05, 4.69) is 4.90 Å². The Morgan fingerprint density at radius 1 is 1.38 bits per heavy atom. The van der Waals surface area contributed by atoms with E-state index in [1.807, 2.05) is 0 Å². The van der Waals surface area contributed by atoms with Gasteiger partial charge in [-0.3, -0.25) is 9.69 Å². The second-order valence-corrected chi connectivity index (χ2v) is 3.30. The molecule has 0 atom stereocenters. The second kappa shape index (κ2) is 6.07. The number of rotatable bonds is 5. The third-order valence-corrected chi connectivity index (χ3v) is 2.26. The van der Waals surface area contributed by atoms with Crippen molar-refractivity contribution in [3.05, 3.63) is 0 Å². The van der Waals surface area contributed by atoms with Crippen molar-refractivity contribution in [2.75, 3.05) is 39.4 Å². The van der Waals surface area contributed by atoms with Gasteiger partial charge in [0.25, 0.3) is 0 Å². The van der Waals surface area contributed by atoms with Crippen LogP contribution in [0.2, 0.25) is 0 Å². The molecule has 2 N–H and O–H groups in total. The third kappa shape index (κ3) is 4.36. The van der Waals surface area contributed by atoms with Gasteiger partial charge in [0, 0.05) is 19.5 Å². The standard InChI is InChI=1S/C9H18N2O2/c10-8-9(12)2-1-3-11-4-6-13-7-5-11/h1-8,10H2. The molecule has 0 bridgehead atoms. The van der Waals surface area contributed by atoms with Crippen molar-refractivity contribution in [1.29, 1.82) is 0 Å². The quantitative estimate of drug-likeness (QED) is 0.636. The zero-order valence-electron chi connectivity index (χ0n) is 8.00. The Morgan fingerprint density at radius 3 is 2.69 bits per heavy atom. The number of Topliss-reactive ketones (excluding diaryl/α,β-unsaturated/α-hetero) is 1. The first-order valence-corrected chi connectivity index (χ1v) is 4.85. The molecule has 0 amide bonds. The largest absolute Gasteiger partial charge is 0.379 e. The van der Waals surface area contributed by atoms with Crippen LogP contribution in [0.1, 0.15) is 12.8 Å². The zero-order valence-corrected chi connectivity index (χ0v) is 8.00. The monoisotopic (exact) mass is 186 g/mol. The summed E-state index contributed by atoms with van der Waals surface area (Å²) in [5.41, 5.74) is 5.21. The molecule has 0 aromatic heterocycles. The van der Waals surface area contributed by atoms with Gasteiger partial charge in [-0.05, 0) is 13.0 Å². The first kappa shape index (κ1) is 10.6. The Balaban J connectivity index is 2.01. The van der Waals surface area contributed by atoms with E-state index in [9.17, 15) is 4.79 Å². The normalized spacial score (nSPS) is 18.8. The van der Waals surface area contributed by atoms with Crippen LogP contribution in [0.3, 0.4) is 0 Å². The molecule has 4 heteroatoms. The molecule has 0 aromatic carbocycles. The van der Waals surface area contributed by atoms with Crippen LogP contribution in [0.5, 0.6) is 0 Å². The summed E-state index contributed by atoms with van der Waals surface area (Å²) in [7, 11) is 0. The van der Waals surface area contributed by atoms with Crippen LogP contribution in [-0.4, -0.2) is 50.1 Å². The molecule has 1 fully saturated rings. The number of nitrogens with two attached hydrogens (primary N) is 1. The minimum Gasteiger partial charge on any atom is -0.379 e. The Hall–Kier alpha value is -0.450. The number of nitrogens with zero attached hydrogens (tertiary/aromatic N) is 1. The van der Waals surface area contributed by atoms with Gasteiger partial charge in [0.05, 0.1) is 19.8 Å². The lowest BCUT2D eigenvalue weighted by molar-refractivity contribution is -0.117. The molecule has 0 radical (unpaired) electrons. The van der Waals surface area contributed by atoms with E-state index in [1.165, 1.54) is 0 Å². The molecule has 1 saturated heterocycles. The highest BCUT2D eigenvalue weighted by molar-refractivity contribution is 5.80. The Kier molecular flexibility index (Phi) is 4.97. The summed E-state index contributed by atoms with van der Waals surface area (Å²) in [6, 6.07) is 0. The molecule has 1 rings (SSSR count). The molecule has 0 spiro atoms. The molecular formula is C9H18N2O2. The van der Waals surface area contributed by atoms with Gasteiger partial charge in [-0.1, -0.05) is 0 Å². The maximum Gasteiger partial charge on any atom is 0.146 e. The van der Waals surface area contributed by atoms with Gasteiger partial charge in [-0.25, -0.2) is 0 Å². The maximum absolute atomic E-state index is 10.9. The second-order valence-electron chi connectivity index (χ2n) is 3.30. The SMILES string of the molecule is NCC(=O)CCCN1CCOCC1. The fourth-order valence-corrected chi connectivity index (χ4v) is 1.43. The van der Waals surface area contributed by atoms with Crippen LogP contribution in [-0.2, 0) is 9.53 Å². The number of carbonyl (C=O) groups is 1. The highest BCUT2D eigenvalue weighted by Crippen LogP contribution is 2.00.